The van der Waals surface area contributed by atoms with E-state index in [2.05, 4.69) is 25.1 Å². The molecule has 5 nitrogen and oxygen atoms in total. The minimum Gasteiger partial charge on any atom is -0.493 e. The number of nitrogens with zero attached hydrogens (tertiary/aromatic N) is 1. The molecule has 1 heterocycles. The minimum atomic E-state index is -0.0384. The van der Waals surface area contributed by atoms with Crippen molar-refractivity contribution in [2.75, 3.05) is 18.1 Å². The van der Waals surface area contributed by atoms with Crippen LogP contribution in [0.1, 0.15) is 53.7 Å². The van der Waals surface area contributed by atoms with Crippen molar-refractivity contribution in [1.82, 2.24) is 0 Å². The summed E-state index contributed by atoms with van der Waals surface area (Å²) in [5.74, 6) is 1.40. The zero-order chi connectivity index (χ0) is 22.5. The van der Waals surface area contributed by atoms with Crippen LogP contribution >= 0.6 is 0 Å². The molecule has 0 bridgehead atoms. The van der Waals surface area contributed by atoms with Gasteiger partial charge in [-0.1, -0.05) is 36.4 Å². The summed E-state index contributed by atoms with van der Waals surface area (Å²) < 4.78 is 12.1. The van der Waals surface area contributed by atoms with Crippen LogP contribution in [-0.2, 0) is 13.0 Å². The molecule has 1 aliphatic heterocycles. The summed E-state index contributed by atoms with van der Waals surface area (Å²) in [6.45, 7) is 7.48. The van der Waals surface area contributed by atoms with Gasteiger partial charge in [0.15, 0.2) is 0 Å². The summed E-state index contributed by atoms with van der Waals surface area (Å²) in [5.41, 5.74) is 11.0. The van der Waals surface area contributed by atoms with Crippen molar-refractivity contribution in [3.8, 4) is 11.5 Å². The number of aryl methyl sites for hydroxylation is 1. The van der Waals surface area contributed by atoms with E-state index >= 15 is 0 Å². The molecule has 3 aromatic rings. The Bertz CT molecular complexity index is 1210. The van der Waals surface area contributed by atoms with E-state index in [-0.39, 0.29) is 11.4 Å². The SMILES string of the molecule is CCOc1c2c(c(OCC)c3ccccc13)C(=O)N(c1ccc(CC3(N)CC3)cc1C)C2. The van der Waals surface area contributed by atoms with Crippen LogP contribution in [0.5, 0.6) is 11.5 Å². The number of ether oxygens (including phenoxy) is 2. The first kappa shape index (κ1) is 20.8. The van der Waals surface area contributed by atoms with Crippen molar-refractivity contribution >= 4 is 22.4 Å². The molecule has 1 fully saturated rings. The lowest BCUT2D eigenvalue weighted by Crippen LogP contribution is -2.26. The highest BCUT2D eigenvalue weighted by molar-refractivity contribution is 6.17. The number of carbonyl (C=O) groups is 1. The van der Waals surface area contributed by atoms with Crippen molar-refractivity contribution < 1.29 is 14.3 Å². The van der Waals surface area contributed by atoms with Crippen LogP contribution in [-0.4, -0.2) is 24.7 Å². The lowest BCUT2D eigenvalue weighted by Gasteiger charge is -2.20. The van der Waals surface area contributed by atoms with Crippen LogP contribution in [0.25, 0.3) is 10.8 Å². The molecule has 166 valence electrons. The molecule has 0 aromatic heterocycles. The molecule has 0 saturated heterocycles. The Labute approximate surface area is 189 Å². The molecule has 1 amide bonds. The number of anilines is 1. The molecule has 1 aliphatic carbocycles. The smallest absolute Gasteiger partial charge is 0.262 e. The molecule has 3 aromatic carbocycles. The molecule has 1 saturated carbocycles. The zero-order valence-electron chi connectivity index (χ0n) is 19.0. The Morgan fingerprint density at radius 1 is 1.00 bits per heavy atom. The fourth-order valence-electron chi connectivity index (χ4n) is 4.84. The van der Waals surface area contributed by atoms with Crippen LogP contribution in [0.4, 0.5) is 5.69 Å². The predicted molar refractivity (Wildman–Crippen MR) is 128 cm³/mol. The van der Waals surface area contributed by atoms with Gasteiger partial charge in [0.1, 0.15) is 11.5 Å². The summed E-state index contributed by atoms with van der Waals surface area (Å²) in [7, 11) is 0. The normalized spacial score (nSPS) is 16.4. The molecule has 0 radical (unpaired) electrons. The van der Waals surface area contributed by atoms with Gasteiger partial charge in [-0.15, -0.1) is 0 Å². The van der Waals surface area contributed by atoms with E-state index in [1.807, 2.05) is 43.0 Å². The number of benzene rings is 3. The Morgan fingerprint density at radius 3 is 2.28 bits per heavy atom. The van der Waals surface area contributed by atoms with E-state index < -0.39 is 0 Å². The van der Waals surface area contributed by atoms with Crippen molar-refractivity contribution in [3.05, 3.63) is 64.7 Å². The van der Waals surface area contributed by atoms with E-state index in [1.54, 1.807) is 0 Å². The molecule has 0 unspecified atom stereocenters. The lowest BCUT2D eigenvalue weighted by atomic mass is 9.99. The second-order valence-electron chi connectivity index (χ2n) is 8.97. The number of nitrogens with two attached hydrogens (primary N) is 1. The van der Waals surface area contributed by atoms with Gasteiger partial charge in [0.2, 0.25) is 0 Å². The summed E-state index contributed by atoms with van der Waals surface area (Å²) in [5, 5.41) is 1.90. The van der Waals surface area contributed by atoms with E-state index in [1.165, 1.54) is 5.56 Å². The molecule has 0 spiro atoms. The fourth-order valence-corrected chi connectivity index (χ4v) is 4.84. The van der Waals surface area contributed by atoms with Gasteiger partial charge >= 0.3 is 0 Å². The largest absolute Gasteiger partial charge is 0.493 e. The zero-order valence-corrected chi connectivity index (χ0v) is 19.0. The van der Waals surface area contributed by atoms with E-state index in [4.69, 9.17) is 15.2 Å². The van der Waals surface area contributed by atoms with Crippen LogP contribution < -0.4 is 20.1 Å². The highest BCUT2D eigenvalue weighted by Gasteiger charge is 2.39. The predicted octanol–water partition coefficient (Wildman–Crippen LogP) is 5.14. The Hall–Kier alpha value is -3.05. The van der Waals surface area contributed by atoms with Crippen molar-refractivity contribution in [2.24, 2.45) is 5.73 Å². The molecule has 5 rings (SSSR count). The van der Waals surface area contributed by atoms with Gasteiger partial charge in [0.05, 0.1) is 25.3 Å². The summed E-state index contributed by atoms with van der Waals surface area (Å²) in [4.78, 5) is 15.6. The first-order valence-electron chi connectivity index (χ1n) is 11.5. The molecule has 5 heteroatoms. The van der Waals surface area contributed by atoms with Gasteiger partial charge < -0.3 is 20.1 Å². The standard InChI is InChI=1S/C27H30N2O3/c1-4-31-24-19-8-6-7-9-20(19)25(32-5-2)23-21(24)16-29(26(23)30)22-11-10-18(14-17(22)3)15-27(28)12-13-27/h6-11,14H,4-5,12-13,15-16,28H2,1-3H3. The summed E-state index contributed by atoms with van der Waals surface area (Å²) in [6.07, 6.45) is 3.06. The number of rotatable bonds is 7. The molecule has 32 heavy (non-hydrogen) atoms. The molecule has 0 atom stereocenters. The van der Waals surface area contributed by atoms with Gasteiger partial charge in [-0.25, -0.2) is 0 Å². The summed E-state index contributed by atoms with van der Waals surface area (Å²) >= 11 is 0. The maximum Gasteiger partial charge on any atom is 0.262 e. The van der Waals surface area contributed by atoms with Crippen LogP contribution in [0.3, 0.4) is 0 Å². The topological polar surface area (TPSA) is 64.8 Å². The van der Waals surface area contributed by atoms with Gasteiger partial charge in [0, 0.05) is 27.6 Å². The highest BCUT2D eigenvalue weighted by Crippen LogP contribution is 2.46. The number of carbonyl (C=O) groups excluding carboxylic acids is 1. The number of fused-ring (bicyclic) bond motifs is 2. The van der Waals surface area contributed by atoms with E-state index in [9.17, 15) is 4.79 Å². The second kappa shape index (κ2) is 7.82. The van der Waals surface area contributed by atoms with Gasteiger partial charge in [-0.2, -0.15) is 0 Å². The Morgan fingerprint density at radius 2 is 1.66 bits per heavy atom. The molecule has 2 aliphatic rings. The van der Waals surface area contributed by atoms with Crippen molar-refractivity contribution in [3.63, 3.8) is 0 Å². The maximum absolute atomic E-state index is 13.7. The minimum absolute atomic E-state index is 0.0352. The maximum atomic E-state index is 13.7. The average molecular weight is 431 g/mol. The highest BCUT2D eigenvalue weighted by atomic mass is 16.5. The van der Waals surface area contributed by atoms with Crippen LogP contribution in [0, 0.1) is 6.92 Å². The third kappa shape index (κ3) is 3.41. The third-order valence-electron chi connectivity index (χ3n) is 6.57. The van der Waals surface area contributed by atoms with Gasteiger partial charge in [-0.3, -0.25) is 4.79 Å². The van der Waals surface area contributed by atoms with E-state index in [0.29, 0.717) is 31.1 Å². The Kier molecular flexibility index (Phi) is 5.09. The van der Waals surface area contributed by atoms with Crippen LogP contribution in [0.15, 0.2) is 42.5 Å². The Balaban J connectivity index is 1.60. The van der Waals surface area contributed by atoms with Gasteiger partial charge in [-0.05, 0) is 57.2 Å². The quantitative estimate of drug-likeness (QED) is 0.564. The number of amides is 1. The molecular weight excluding hydrogens is 400 g/mol. The monoisotopic (exact) mass is 430 g/mol. The fraction of sp³-hybridized carbons (Fsp3) is 0.370. The third-order valence-corrected chi connectivity index (χ3v) is 6.57. The number of hydrogen-bond acceptors (Lipinski definition) is 4. The van der Waals surface area contributed by atoms with E-state index in [0.717, 1.165) is 52.6 Å². The first-order chi connectivity index (χ1) is 15.5. The summed E-state index contributed by atoms with van der Waals surface area (Å²) in [6, 6.07) is 14.3. The number of hydrogen-bond donors (Lipinski definition) is 1. The molecule has 2 N–H and O–H groups in total. The van der Waals surface area contributed by atoms with Crippen LogP contribution in [0.2, 0.25) is 0 Å². The molecular formula is C27H30N2O3. The van der Waals surface area contributed by atoms with Gasteiger partial charge in [0.25, 0.3) is 5.91 Å². The lowest BCUT2D eigenvalue weighted by molar-refractivity contribution is 0.0993. The average Bonchev–Trinajstić information content (AvgIpc) is 3.40. The van der Waals surface area contributed by atoms with Crippen molar-refractivity contribution in [2.45, 2.75) is 52.1 Å². The van der Waals surface area contributed by atoms with Crippen molar-refractivity contribution in [1.29, 1.82) is 0 Å². The first-order valence-corrected chi connectivity index (χ1v) is 11.5. The second-order valence-corrected chi connectivity index (χ2v) is 8.97.